The topological polar surface area (TPSA) is 40.6 Å². The number of benzene rings is 1. The second kappa shape index (κ2) is 5.64. The van der Waals surface area contributed by atoms with Crippen LogP contribution in [0.1, 0.15) is 24.1 Å². The lowest BCUT2D eigenvalue weighted by molar-refractivity contribution is -0.135. The Morgan fingerprint density at radius 1 is 1.35 bits per heavy atom. The molecule has 5 heteroatoms. The summed E-state index contributed by atoms with van der Waals surface area (Å²) < 4.78 is 1.25. The number of carbonyl (C=O) groups excluding carboxylic acids is 2. The number of hydrogen-bond acceptors (Lipinski definition) is 3. The van der Waals surface area contributed by atoms with E-state index in [9.17, 15) is 9.59 Å². The van der Waals surface area contributed by atoms with Gasteiger partial charge in [-0.2, -0.15) is 0 Å². The minimum absolute atomic E-state index is 0.0963. The van der Waals surface area contributed by atoms with Crippen molar-refractivity contribution in [3.8, 4) is 0 Å². The molecular formula is C18H20N2O2S. The highest BCUT2D eigenvalue weighted by Crippen LogP contribution is 2.33. The quantitative estimate of drug-likeness (QED) is 0.866. The molecule has 1 aromatic heterocycles. The van der Waals surface area contributed by atoms with Gasteiger partial charge < -0.3 is 9.80 Å². The van der Waals surface area contributed by atoms with Crippen LogP contribution in [0.15, 0.2) is 30.3 Å². The predicted octanol–water partition coefficient (Wildman–Crippen LogP) is 2.87. The Morgan fingerprint density at radius 2 is 2.13 bits per heavy atom. The highest BCUT2D eigenvalue weighted by molar-refractivity contribution is 7.19. The number of carbonyl (C=O) groups is 2. The van der Waals surface area contributed by atoms with E-state index in [-0.39, 0.29) is 17.7 Å². The van der Waals surface area contributed by atoms with Gasteiger partial charge in [-0.3, -0.25) is 9.59 Å². The summed E-state index contributed by atoms with van der Waals surface area (Å²) in [6.45, 7) is 1.23. The summed E-state index contributed by atoms with van der Waals surface area (Å²) in [6, 6.07) is 10.8. The monoisotopic (exact) mass is 328 g/mol. The van der Waals surface area contributed by atoms with Gasteiger partial charge in [0.1, 0.15) is 0 Å². The summed E-state index contributed by atoms with van der Waals surface area (Å²) in [4.78, 5) is 29.6. The van der Waals surface area contributed by atoms with Crippen LogP contribution in [0.25, 0.3) is 10.1 Å². The smallest absolute Gasteiger partial charge is 0.228 e. The Bertz CT molecular complexity index is 732. The second-order valence-corrected chi connectivity index (χ2v) is 7.79. The molecule has 1 saturated carbocycles. The van der Waals surface area contributed by atoms with Gasteiger partial charge in [0.2, 0.25) is 11.8 Å². The number of thiophene rings is 1. The van der Waals surface area contributed by atoms with E-state index in [1.807, 2.05) is 24.1 Å². The molecular weight excluding hydrogens is 308 g/mol. The van der Waals surface area contributed by atoms with E-state index >= 15 is 0 Å². The van der Waals surface area contributed by atoms with Crippen LogP contribution in [0, 0.1) is 5.92 Å². The first-order valence-corrected chi connectivity index (χ1v) is 8.95. The lowest BCUT2D eigenvalue weighted by Crippen LogP contribution is -2.34. The van der Waals surface area contributed by atoms with Crippen molar-refractivity contribution in [1.29, 1.82) is 0 Å². The number of rotatable bonds is 4. The molecule has 0 spiro atoms. The molecule has 0 radical (unpaired) electrons. The zero-order chi connectivity index (χ0) is 16.0. The molecule has 4 rings (SSSR count). The van der Waals surface area contributed by atoms with Crippen molar-refractivity contribution in [2.75, 3.05) is 13.6 Å². The Morgan fingerprint density at radius 3 is 2.87 bits per heavy atom. The molecule has 120 valence electrons. The van der Waals surface area contributed by atoms with Crippen molar-refractivity contribution in [3.63, 3.8) is 0 Å². The molecule has 2 heterocycles. The number of hydrogen-bond donors (Lipinski definition) is 0. The molecule has 2 amide bonds. The standard InChI is InChI=1S/C18H20N2O2S/c1-19(11-15-8-12-4-2-3-5-16(12)23-15)18(22)13-9-17(21)20(10-13)14-6-7-14/h2-5,8,13-14H,6-7,9-11H2,1H3. The van der Waals surface area contributed by atoms with Crippen LogP contribution in [0.4, 0.5) is 0 Å². The van der Waals surface area contributed by atoms with Crippen LogP contribution >= 0.6 is 11.3 Å². The fraction of sp³-hybridized carbons (Fsp3) is 0.444. The van der Waals surface area contributed by atoms with E-state index in [2.05, 4.69) is 18.2 Å². The van der Waals surface area contributed by atoms with Crippen LogP contribution in [-0.2, 0) is 16.1 Å². The SMILES string of the molecule is CN(Cc1cc2ccccc2s1)C(=O)C1CC(=O)N(C2CC2)C1. The van der Waals surface area contributed by atoms with Gasteiger partial charge in [0, 0.05) is 35.6 Å². The van der Waals surface area contributed by atoms with Crippen LogP contribution in [0.3, 0.4) is 0 Å². The molecule has 1 aromatic carbocycles. The maximum absolute atomic E-state index is 12.7. The molecule has 4 nitrogen and oxygen atoms in total. The highest BCUT2D eigenvalue weighted by Gasteiger charge is 2.42. The molecule has 0 bridgehead atoms. The fourth-order valence-electron chi connectivity index (χ4n) is 3.37. The maximum atomic E-state index is 12.7. The van der Waals surface area contributed by atoms with Gasteiger partial charge in [0.15, 0.2) is 0 Å². The van der Waals surface area contributed by atoms with Gasteiger partial charge in [-0.05, 0) is 30.4 Å². The van der Waals surface area contributed by atoms with E-state index in [0.717, 1.165) is 12.8 Å². The Labute approximate surface area is 139 Å². The first-order valence-electron chi connectivity index (χ1n) is 8.14. The minimum Gasteiger partial charge on any atom is -0.340 e. The summed E-state index contributed by atoms with van der Waals surface area (Å²) in [7, 11) is 1.84. The van der Waals surface area contributed by atoms with Gasteiger partial charge in [-0.1, -0.05) is 18.2 Å². The molecule has 23 heavy (non-hydrogen) atoms. The van der Waals surface area contributed by atoms with Gasteiger partial charge >= 0.3 is 0 Å². The van der Waals surface area contributed by atoms with Crippen molar-refractivity contribution in [3.05, 3.63) is 35.2 Å². The molecule has 1 atom stereocenters. The molecule has 0 N–H and O–H groups in total. The van der Waals surface area contributed by atoms with E-state index in [4.69, 9.17) is 0 Å². The van der Waals surface area contributed by atoms with Crippen molar-refractivity contribution in [2.45, 2.75) is 31.8 Å². The Kier molecular flexibility index (Phi) is 3.60. The third-order valence-electron chi connectivity index (χ3n) is 4.74. The summed E-state index contributed by atoms with van der Waals surface area (Å²) >= 11 is 1.73. The van der Waals surface area contributed by atoms with E-state index in [0.29, 0.717) is 25.6 Å². The highest BCUT2D eigenvalue weighted by atomic mass is 32.1. The average Bonchev–Trinajstić information content (AvgIpc) is 3.18. The number of likely N-dealkylation sites (tertiary alicyclic amines) is 1. The van der Waals surface area contributed by atoms with Gasteiger partial charge in [0.25, 0.3) is 0 Å². The van der Waals surface area contributed by atoms with Crippen LogP contribution in [0.2, 0.25) is 0 Å². The van der Waals surface area contributed by atoms with Gasteiger partial charge in [-0.25, -0.2) is 0 Å². The summed E-state index contributed by atoms with van der Waals surface area (Å²) in [5.41, 5.74) is 0. The molecule has 2 aliphatic rings. The first-order chi connectivity index (χ1) is 11.1. The molecule has 1 aliphatic heterocycles. The lowest BCUT2D eigenvalue weighted by Gasteiger charge is -2.20. The number of fused-ring (bicyclic) bond motifs is 1. The molecule has 2 fully saturated rings. The van der Waals surface area contributed by atoms with Gasteiger partial charge in [0.05, 0.1) is 12.5 Å². The molecule has 1 unspecified atom stereocenters. The number of nitrogens with zero attached hydrogens (tertiary/aromatic N) is 2. The van der Waals surface area contributed by atoms with E-state index in [1.165, 1.54) is 15.0 Å². The minimum atomic E-state index is -0.164. The Balaban J connectivity index is 1.43. The van der Waals surface area contributed by atoms with Gasteiger partial charge in [-0.15, -0.1) is 11.3 Å². The fourth-order valence-corrected chi connectivity index (χ4v) is 4.49. The van der Waals surface area contributed by atoms with Crippen LogP contribution in [-0.4, -0.2) is 41.2 Å². The predicted molar refractivity (Wildman–Crippen MR) is 91.1 cm³/mol. The Hall–Kier alpha value is -1.88. The summed E-state index contributed by atoms with van der Waals surface area (Å²) in [5, 5.41) is 1.23. The molecule has 1 aliphatic carbocycles. The molecule has 1 saturated heterocycles. The second-order valence-electron chi connectivity index (χ2n) is 6.62. The summed E-state index contributed by atoms with van der Waals surface area (Å²) in [6.07, 6.45) is 2.58. The normalized spacial score (nSPS) is 21.2. The first kappa shape index (κ1) is 14.7. The average molecular weight is 328 g/mol. The van der Waals surface area contributed by atoms with Crippen molar-refractivity contribution in [2.24, 2.45) is 5.92 Å². The van der Waals surface area contributed by atoms with Crippen molar-refractivity contribution in [1.82, 2.24) is 9.80 Å². The van der Waals surface area contributed by atoms with Crippen molar-refractivity contribution >= 4 is 33.2 Å². The van der Waals surface area contributed by atoms with E-state index < -0.39 is 0 Å². The third-order valence-corrected chi connectivity index (χ3v) is 5.84. The zero-order valence-corrected chi connectivity index (χ0v) is 14.0. The largest absolute Gasteiger partial charge is 0.340 e. The van der Waals surface area contributed by atoms with Crippen LogP contribution < -0.4 is 0 Å². The maximum Gasteiger partial charge on any atom is 0.228 e. The summed E-state index contributed by atoms with van der Waals surface area (Å²) in [5.74, 6) is 0.0857. The lowest BCUT2D eigenvalue weighted by atomic mass is 10.1. The van der Waals surface area contributed by atoms with Crippen LogP contribution in [0.5, 0.6) is 0 Å². The molecule has 2 aromatic rings. The van der Waals surface area contributed by atoms with E-state index in [1.54, 1.807) is 16.2 Å². The number of amides is 2. The third kappa shape index (κ3) is 2.85. The zero-order valence-electron chi connectivity index (χ0n) is 13.2. The van der Waals surface area contributed by atoms with Crippen molar-refractivity contribution < 1.29 is 9.59 Å².